The minimum atomic E-state index is -0.168. The third kappa shape index (κ3) is 5.72. The molecule has 0 aromatic heterocycles. The fraction of sp³-hybridized carbons (Fsp3) is 0.160. The van der Waals surface area contributed by atoms with Gasteiger partial charge in [-0.15, -0.1) is 0 Å². The first-order valence-corrected chi connectivity index (χ1v) is 9.71. The Balaban J connectivity index is 1.81. The van der Waals surface area contributed by atoms with Crippen molar-refractivity contribution >= 4 is 23.4 Å². The van der Waals surface area contributed by atoms with Crippen LogP contribution >= 0.6 is 0 Å². The average molecular weight is 386 g/mol. The number of amides is 1. The van der Waals surface area contributed by atoms with Gasteiger partial charge in [0, 0.05) is 13.6 Å². The number of aryl methyl sites for hydroxylation is 2. The van der Waals surface area contributed by atoms with Gasteiger partial charge in [0.05, 0.1) is 11.4 Å². The molecule has 0 fully saturated rings. The molecule has 148 valence electrons. The number of benzene rings is 3. The summed E-state index contributed by atoms with van der Waals surface area (Å²) in [6.07, 6.45) is 1.86. The molecule has 0 unspecified atom stereocenters. The predicted molar refractivity (Wildman–Crippen MR) is 122 cm³/mol. The number of carbonyl (C=O) groups is 1. The first kappa shape index (κ1) is 20.2. The SMILES string of the molecule is CNC(=O)/C(=C\c1ccc(C)cc1)Nc1ccccc1NCc1ccc(C)cc1. The number of para-hydroxylation sites is 2. The number of carbonyl (C=O) groups excluding carboxylic acids is 1. The Bertz CT molecular complexity index is 989. The summed E-state index contributed by atoms with van der Waals surface area (Å²) in [6, 6.07) is 24.4. The van der Waals surface area contributed by atoms with E-state index in [1.807, 2.05) is 61.5 Å². The predicted octanol–water partition coefficient (Wildman–Crippen LogP) is 5.11. The van der Waals surface area contributed by atoms with Gasteiger partial charge in [0.25, 0.3) is 5.91 Å². The fourth-order valence-corrected chi connectivity index (χ4v) is 2.92. The Morgan fingerprint density at radius 2 is 1.41 bits per heavy atom. The van der Waals surface area contributed by atoms with Crippen molar-refractivity contribution in [1.29, 1.82) is 0 Å². The van der Waals surface area contributed by atoms with Crippen molar-refractivity contribution in [1.82, 2.24) is 5.32 Å². The van der Waals surface area contributed by atoms with Crippen molar-refractivity contribution in [2.24, 2.45) is 0 Å². The molecule has 4 nitrogen and oxygen atoms in total. The van der Waals surface area contributed by atoms with Crippen LogP contribution < -0.4 is 16.0 Å². The van der Waals surface area contributed by atoms with Crippen molar-refractivity contribution < 1.29 is 4.79 Å². The number of nitrogens with one attached hydrogen (secondary N) is 3. The largest absolute Gasteiger partial charge is 0.379 e. The number of anilines is 2. The summed E-state index contributed by atoms with van der Waals surface area (Å²) < 4.78 is 0. The lowest BCUT2D eigenvalue weighted by Crippen LogP contribution is -2.24. The Hall–Kier alpha value is -3.53. The summed E-state index contributed by atoms with van der Waals surface area (Å²) in [5.74, 6) is -0.168. The highest BCUT2D eigenvalue weighted by Gasteiger charge is 2.10. The molecule has 0 heterocycles. The van der Waals surface area contributed by atoms with Crippen LogP contribution in [0.1, 0.15) is 22.3 Å². The van der Waals surface area contributed by atoms with Crippen molar-refractivity contribution in [2.75, 3.05) is 17.7 Å². The van der Waals surface area contributed by atoms with Gasteiger partial charge in [-0.2, -0.15) is 0 Å². The highest BCUT2D eigenvalue weighted by atomic mass is 16.1. The Kier molecular flexibility index (Phi) is 6.69. The lowest BCUT2D eigenvalue weighted by atomic mass is 10.1. The molecule has 4 heteroatoms. The zero-order valence-corrected chi connectivity index (χ0v) is 17.1. The van der Waals surface area contributed by atoms with Gasteiger partial charge in [-0.1, -0.05) is 71.8 Å². The zero-order valence-electron chi connectivity index (χ0n) is 17.1. The zero-order chi connectivity index (χ0) is 20.6. The molecule has 0 aliphatic heterocycles. The maximum Gasteiger partial charge on any atom is 0.267 e. The van der Waals surface area contributed by atoms with Crippen LogP contribution in [-0.2, 0) is 11.3 Å². The van der Waals surface area contributed by atoms with Gasteiger partial charge >= 0.3 is 0 Å². The Morgan fingerprint density at radius 1 is 0.828 bits per heavy atom. The molecule has 0 radical (unpaired) electrons. The summed E-state index contributed by atoms with van der Waals surface area (Å²) in [5.41, 5.74) is 6.86. The second kappa shape index (κ2) is 9.60. The molecule has 0 saturated carbocycles. The van der Waals surface area contributed by atoms with Crippen molar-refractivity contribution in [3.63, 3.8) is 0 Å². The summed E-state index contributed by atoms with van der Waals surface area (Å²) in [4.78, 5) is 12.4. The molecular weight excluding hydrogens is 358 g/mol. The molecule has 1 amide bonds. The van der Waals surface area contributed by atoms with Gasteiger partial charge in [0.15, 0.2) is 0 Å². The summed E-state index contributed by atoms with van der Waals surface area (Å²) in [6.45, 7) is 4.83. The lowest BCUT2D eigenvalue weighted by molar-refractivity contribution is -0.116. The van der Waals surface area contributed by atoms with Gasteiger partial charge in [-0.05, 0) is 43.2 Å². The van der Waals surface area contributed by atoms with Crippen LogP contribution in [0.15, 0.2) is 78.5 Å². The summed E-state index contributed by atoms with van der Waals surface area (Å²) in [5, 5.41) is 9.46. The van der Waals surface area contributed by atoms with E-state index in [1.54, 1.807) is 7.05 Å². The van der Waals surface area contributed by atoms with Gasteiger partial charge in [-0.25, -0.2) is 0 Å². The average Bonchev–Trinajstić information content (AvgIpc) is 2.74. The van der Waals surface area contributed by atoms with Gasteiger partial charge in [0.2, 0.25) is 0 Å². The van der Waals surface area contributed by atoms with Crippen LogP contribution in [-0.4, -0.2) is 13.0 Å². The van der Waals surface area contributed by atoms with E-state index < -0.39 is 0 Å². The molecule has 3 N–H and O–H groups in total. The number of likely N-dealkylation sites (N-methyl/N-ethyl adjacent to an activating group) is 1. The number of rotatable bonds is 7. The molecule has 0 atom stereocenters. The van der Waals surface area contributed by atoms with Crippen molar-refractivity contribution in [2.45, 2.75) is 20.4 Å². The molecule has 3 aromatic rings. The first-order valence-electron chi connectivity index (χ1n) is 9.71. The van der Waals surface area contributed by atoms with Crippen LogP contribution in [0.4, 0.5) is 11.4 Å². The van der Waals surface area contributed by atoms with Crippen LogP contribution in [0, 0.1) is 13.8 Å². The molecule has 0 bridgehead atoms. The Morgan fingerprint density at radius 3 is 2.03 bits per heavy atom. The molecular formula is C25H27N3O. The Labute approximate surface area is 172 Å². The van der Waals surface area contributed by atoms with E-state index in [1.165, 1.54) is 16.7 Å². The van der Waals surface area contributed by atoms with Crippen LogP contribution in [0.5, 0.6) is 0 Å². The number of hydrogen-bond donors (Lipinski definition) is 3. The molecule has 3 rings (SSSR count). The molecule has 0 saturated heterocycles. The summed E-state index contributed by atoms with van der Waals surface area (Å²) in [7, 11) is 1.63. The second-order valence-corrected chi connectivity index (χ2v) is 7.06. The highest BCUT2D eigenvalue weighted by molar-refractivity contribution is 6.01. The maximum atomic E-state index is 12.4. The van der Waals surface area contributed by atoms with E-state index in [0.29, 0.717) is 12.2 Å². The van der Waals surface area contributed by atoms with Crippen LogP contribution in [0.3, 0.4) is 0 Å². The lowest BCUT2D eigenvalue weighted by Gasteiger charge is -2.16. The molecule has 3 aromatic carbocycles. The smallest absolute Gasteiger partial charge is 0.267 e. The van der Waals surface area contributed by atoms with E-state index >= 15 is 0 Å². The highest BCUT2D eigenvalue weighted by Crippen LogP contribution is 2.24. The minimum absolute atomic E-state index is 0.168. The normalized spacial score (nSPS) is 11.1. The summed E-state index contributed by atoms with van der Waals surface area (Å²) >= 11 is 0. The van der Waals surface area contributed by atoms with Gasteiger partial charge in [-0.3, -0.25) is 4.79 Å². The van der Waals surface area contributed by atoms with Gasteiger partial charge < -0.3 is 16.0 Å². The van der Waals surface area contributed by atoms with Crippen LogP contribution in [0.25, 0.3) is 6.08 Å². The minimum Gasteiger partial charge on any atom is -0.379 e. The van der Waals surface area contributed by atoms with E-state index in [9.17, 15) is 4.79 Å². The quantitative estimate of drug-likeness (QED) is 0.495. The first-order chi connectivity index (χ1) is 14.0. The van der Waals surface area contributed by atoms with Gasteiger partial charge in [0.1, 0.15) is 5.70 Å². The molecule has 29 heavy (non-hydrogen) atoms. The third-order valence-corrected chi connectivity index (χ3v) is 4.66. The number of hydrogen-bond acceptors (Lipinski definition) is 3. The van der Waals surface area contributed by atoms with Crippen LogP contribution in [0.2, 0.25) is 0 Å². The third-order valence-electron chi connectivity index (χ3n) is 4.66. The monoisotopic (exact) mass is 385 g/mol. The molecule has 0 spiro atoms. The van der Waals surface area contributed by atoms with E-state index in [2.05, 4.69) is 47.1 Å². The van der Waals surface area contributed by atoms with E-state index in [-0.39, 0.29) is 5.91 Å². The standard InChI is InChI=1S/C25H27N3O/c1-18-8-12-20(13-9-18)16-24(25(29)26-3)28-23-7-5-4-6-22(23)27-17-21-14-10-19(2)11-15-21/h4-16,27-28H,17H2,1-3H3,(H,26,29)/b24-16+. The maximum absolute atomic E-state index is 12.4. The topological polar surface area (TPSA) is 53.2 Å². The fourth-order valence-electron chi connectivity index (χ4n) is 2.92. The van der Waals surface area contributed by atoms with Crippen molar-refractivity contribution in [3.05, 3.63) is 101 Å². The molecule has 0 aliphatic carbocycles. The molecule has 0 aliphatic rings. The second-order valence-electron chi connectivity index (χ2n) is 7.06. The van der Waals surface area contributed by atoms with E-state index in [4.69, 9.17) is 0 Å². The van der Waals surface area contributed by atoms with Crippen molar-refractivity contribution in [3.8, 4) is 0 Å². The van der Waals surface area contributed by atoms with E-state index in [0.717, 1.165) is 16.9 Å².